The van der Waals surface area contributed by atoms with Gasteiger partial charge in [0.05, 0.1) is 4.90 Å². The van der Waals surface area contributed by atoms with E-state index in [0.717, 1.165) is 5.56 Å². The van der Waals surface area contributed by atoms with E-state index in [4.69, 9.17) is 11.6 Å². The van der Waals surface area contributed by atoms with Gasteiger partial charge in [-0.3, -0.25) is 0 Å². The lowest BCUT2D eigenvalue weighted by atomic mass is 10.2. The largest absolute Gasteiger partial charge is 0.243 e. The number of halogens is 1. The van der Waals surface area contributed by atoms with Crippen LogP contribution in [0.3, 0.4) is 0 Å². The molecule has 3 nitrogen and oxygen atoms in total. The molecule has 0 saturated heterocycles. The van der Waals surface area contributed by atoms with Crippen LogP contribution in [0.2, 0.25) is 0 Å². The van der Waals surface area contributed by atoms with Gasteiger partial charge in [-0.15, -0.1) is 0 Å². The van der Waals surface area contributed by atoms with Gasteiger partial charge in [-0.25, -0.2) is 8.42 Å². The van der Waals surface area contributed by atoms with Crippen molar-refractivity contribution in [1.29, 1.82) is 0 Å². The molecule has 17 heavy (non-hydrogen) atoms. The third-order valence-electron chi connectivity index (χ3n) is 2.73. The summed E-state index contributed by atoms with van der Waals surface area (Å²) >= 11 is 5.89. The van der Waals surface area contributed by atoms with Crippen molar-refractivity contribution in [2.75, 3.05) is 13.1 Å². The van der Waals surface area contributed by atoms with Crippen LogP contribution in [0.4, 0.5) is 0 Å². The first-order chi connectivity index (χ1) is 8.00. The highest BCUT2D eigenvalue weighted by molar-refractivity contribution is 7.89. The van der Waals surface area contributed by atoms with Gasteiger partial charge in [0.2, 0.25) is 10.0 Å². The number of nitrogens with zero attached hydrogens (tertiary/aromatic N) is 1. The summed E-state index contributed by atoms with van der Waals surface area (Å²) in [6.45, 7) is 2.70. The van der Waals surface area contributed by atoms with E-state index in [1.54, 1.807) is 24.3 Å². The second-order valence-corrected chi connectivity index (χ2v) is 6.51. The summed E-state index contributed by atoms with van der Waals surface area (Å²) in [6.07, 6.45) is 2.53. The van der Waals surface area contributed by atoms with E-state index >= 15 is 0 Å². The van der Waals surface area contributed by atoms with Crippen molar-refractivity contribution < 1.29 is 8.42 Å². The summed E-state index contributed by atoms with van der Waals surface area (Å²) in [7, 11) is -3.40. The summed E-state index contributed by atoms with van der Waals surface area (Å²) < 4.78 is 26.0. The maximum absolute atomic E-state index is 12.3. The molecule has 0 aliphatic carbocycles. The zero-order chi connectivity index (χ0) is 12.5. The highest BCUT2D eigenvalue weighted by Gasteiger charge is 2.26. The van der Waals surface area contributed by atoms with E-state index < -0.39 is 10.0 Å². The molecule has 1 heterocycles. The highest BCUT2D eigenvalue weighted by atomic mass is 35.5. The maximum Gasteiger partial charge on any atom is 0.243 e. The fraction of sp³-hybridized carbons (Fsp3) is 0.333. The van der Waals surface area contributed by atoms with Crippen molar-refractivity contribution in [2.45, 2.75) is 18.2 Å². The van der Waals surface area contributed by atoms with Crippen LogP contribution in [0, 0.1) is 6.92 Å². The lowest BCUT2D eigenvalue weighted by molar-refractivity contribution is 0.434. The van der Waals surface area contributed by atoms with Crippen LogP contribution in [-0.4, -0.2) is 25.8 Å². The summed E-state index contributed by atoms with van der Waals surface area (Å²) in [5.74, 6) is 0. The normalized spacial score (nSPS) is 17.9. The number of hydrogen-bond donors (Lipinski definition) is 0. The standard InChI is InChI=1S/C12H14ClNO2S/c1-10-4-6-12(7-5-10)17(15,16)14-8-2-3-11(13)9-14/h3-7H,2,8-9H2,1H3. The van der Waals surface area contributed by atoms with E-state index in [2.05, 4.69) is 0 Å². The van der Waals surface area contributed by atoms with Crippen molar-refractivity contribution in [2.24, 2.45) is 0 Å². The maximum atomic E-state index is 12.3. The minimum atomic E-state index is -3.40. The molecule has 1 aromatic carbocycles. The van der Waals surface area contributed by atoms with Gasteiger partial charge in [-0.1, -0.05) is 35.4 Å². The first-order valence-corrected chi connectivity index (χ1v) is 7.23. The molecule has 92 valence electrons. The van der Waals surface area contributed by atoms with Gasteiger partial charge >= 0.3 is 0 Å². The molecule has 5 heteroatoms. The van der Waals surface area contributed by atoms with Gasteiger partial charge in [-0.2, -0.15) is 4.31 Å². The molecule has 2 rings (SSSR count). The van der Waals surface area contributed by atoms with E-state index in [0.29, 0.717) is 22.9 Å². The fourth-order valence-electron chi connectivity index (χ4n) is 1.74. The topological polar surface area (TPSA) is 37.4 Å². The Hall–Kier alpha value is -0.840. The molecule has 1 aliphatic heterocycles. The lowest BCUT2D eigenvalue weighted by Crippen LogP contribution is -2.35. The Bertz CT molecular complexity index is 534. The van der Waals surface area contributed by atoms with Crippen LogP contribution < -0.4 is 0 Å². The summed E-state index contributed by atoms with van der Waals surface area (Å²) in [5.41, 5.74) is 1.04. The average Bonchev–Trinajstić information content (AvgIpc) is 2.29. The van der Waals surface area contributed by atoms with Crippen LogP contribution in [0.5, 0.6) is 0 Å². The number of sulfonamides is 1. The van der Waals surface area contributed by atoms with Crippen molar-refractivity contribution in [3.8, 4) is 0 Å². The van der Waals surface area contributed by atoms with Crippen LogP contribution in [-0.2, 0) is 10.0 Å². The average molecular weight is 272 g/mol. The van der Waals surface area contributed by atoms with E-state index in [9.17, 15) is 8.42 Å². The first kappa shape index (κ1) is 12.6. The zero-order valence-electron chi connectivity index (χ0n) is 9.56. The number of hydrogen-bond acceptors (Lipinski definition) is 2. The van der Waals surface area contributed by atoms with Gasteiger partial charge in [0, 0.05) is 18.1 Å². The summed E-state index contributed by atoms with van der Waals surface area (Å²) in [6, 6.07) is 6.87. The molecule has 1 aliphatic rings. The molecule has 0 amide bonds. The van der Waals surface area contributed by atoms with E-state index in [1.165, 1.54) is 4.31 Å². The Morgan fingerprint density at radius 2 is 1.88 bits per heavy atom. The van der Waals surface area contributed by atoms with Gasteiger partial charge in [0.1, 0.15) is 0 Å². The molecule has 0 atom stereocenters. The van der Waals surface area contributed by atoms with E-state index in [-0.39, 0.29) is 6.54 Å². The van der Waals surface area contributed by atoms with Gasteiger partial charge in [0.15, 0.2) is 0 Å². The molecule has 0 radical (unpaired) electrons. The molecular formula is C12H14ClNO2S. The van der Waals surface area contributed by atoms with Crippen molar-refractivity contribution in [3.63, 3.8) is 0 Å². The van der Waals surface area contributed by atoms with Crippen molar-refractivity contribution in [3.05, 3.63) is 40.9 Å². The Kier molecular flexibility index (Phi) is 3.56. The van der Waals surface area contributed by atoms with Gasteiger partial charge in [-0.05, 0) is 25.5 Å². The quantitative estimate of drug-likeness (QED) is 0.829. The minimum absolute atomic E-state index is 0.276. The third-order valence-corrected chi connectivity index (χ3v) is 4.86. The monoisotopic (exact) mass is 271 g/mol. The second-order valence-electron chi connectivity index (χ2n) is 4.09. The molecule has 0 aromatic heterocycles. The number of benzene rings is 1. The fourth-order valence-corrected chi connectivity index (χ4v) is 3.50. The molecular weight excluding hydrogens is 258 g/mol. The number of rotatable bonds is 2. The van der Waals surface area contributed by atoms with Crippen LogP contribution in [0.15, 0.2) is 40.3 Å². The second kappa shape index (κ2) is 4.80. The molecule has 0 spiro atoms. The first-order valence-electron chi connectivity index (χ1n) is 5.41. The highest BCUT2D eigenvalue weighted by Crippen LogP contribution is 2.22. The lowest BCUT2D eigenvalue weighted by Gasteiger charge is -2.24. The minimum Gasteiger partial charge on any atom is -0.207 e. The Morgan fingerprint density at radius 3 is 2.47 bits per heavy atom. The molecule has 1 aromatic rings. The molecule has 0 N–H and O–H groups in total. The van der Waals surface area contributed by atoms with Gasteiger partial charge in [0.25, 0.3) is 0 Å². The molecule has 0 unspecified atom stereocenters. The van der Waals surface area contributed by atoms with Crippen LogP contribution in [0.25, 0.3) is 0 Å². The Balaban J connectivity index is 2.30. The molecule has 0 saturated carbocycles. The molecule has 0 fully saturated rings. The summed E-state index contributed by atoms with van der Waals surface area (Å²) in [5, 5.41) is 0.590. The van der Waals surface area contributed by atoms with Crippen LogP contribution in [0.1, 0.15) is 12.0 Å². The third kappa shape index (κ3) is 2.70. The smallest absolute Gasteiger partial charge is 0.207 e. The SMILES string of the molecule is Cc1ccc(S(=O)(=O)N2CCC=C(Cl)C2)cc1. The predicted molar refractivity (Wildman–Crippen MR) is 68.5 cm³/mol. The van der Waals surface area contributed by atoms with Crippen LogP contribution >= 0.6 is 11.6 Å². The Labute approximate surface area is 107 Å². The summed E-state index contributed by atoms with van der Waals surface area (Å²) in [4.78, 5) is 0.328. The van der Waals surface area contributed by atoms with Gasteiger partial charge < -0.3 is 0 Å². The zero-order valence-corrected chi connectivity index (χ0v) is 11.1. The van der Waals surface area contributed by atoms with Crippen molar-refractivity contribution in [1.82, 2.24) is 4.31 Å². The van der Waals surface area contributed by atoms with E-state index in [1.807, 2.05) is 13.0 Å². The van der Waals surface area contributed by atoms with Crippen molar-refractivity contribution >= 4 is 21.6 Å². The predicted octanol–water partition coefficient (Wildman–Crippen LogP) is 2.51. The Morgan fingerprint density at radius 1 is 1.24 bits per heavy atom. The number of aryl methyl sites for hydroxylation is 1. The molecule has 0 bridgehead atoms.